The third-order valence-corrected chi connectivity index (χ3v) is 2.42. The van der Waals surface area contributed by atoms with E-state index in [9.17, 15) is 4.79 Å². The standard InChI is InChI=1S/C10H15NO4/c1-2-13-10(12)7-3-4-8(11-7)15-9-5-6-14-9/h5-9,11H,2-4H2,1H3/t7-,8?,9?/m1/s1. The summed E-state index contributed by atoms with van der Waals surface area (Å²) in [6, 6.07) is -0.237. The van der Waals surface area contributed by atoms with Crippen LogP contribution in [0.3, 0.4) is 0 Å². The zero-order valence-electron chi connectivity index (χ0n) is 8.64. The molecule has 2 aliphatic rings. The zero-order valence-corrected chi connectivity index (χ0v) is 8.64. The van der Waals surface area contributed by atoms with Crippen molar-refractivity contribution in [2.24, 2.45) is 0 Å². The Morgan fingerprint density at radius 2 is 2.40 bits per heavy atom. The van der Waals surface area contributed by atoms with Gasteiger partial charge in [-0.3, -0.25) is 10.1 Å². The fourth-order valence-electron chi connectivity index (χ4n) is 1.63. The van der Waals surface area contributed by atoms with Gasteiger partial charge in [0, 0.05) is 6.08 Å². The van der Waals surface area contributed by atoms with Crippen molar-refractivity contribution in [2.75, 3.05) is 6.61 Å². The highest BCUT2D eigenvalue weighted by molar-refractivity contribution is 5.76. The van der Waals surface area contributed by atoms with Gasteiger partial charge < -0.3 is 14.2 Å². The van der Waals surface area contributed by atoms with E-state index in [1.54, 1.807) is 13.2 Å². The average Bonchev–Trinajstić information content (AvgIpc) is 2.60. The Balaban J connectivity index is 1.73. The minimum Gasteiger partial charge on any atom is -0.469 e. The first-order valence-electron chi connectivity index (χ1n) is 5.20. The van der Waals surface area contributed by atoms with Gasteiger partial charge >= 0.3 is 5.97 Å². The number of nitrogens with one attached hydrogen (secondary N) is 1. The maximum absolute atomic E-state index is 11.4. The molecule has 0 aromatic carbocycles. The van der Waals surface area contributed by atoms with Crippen LogP contribution in [-0.2, 0) is 19.0 Å². The molecule has 2 unspecified atom stereocenters. The lowest BCUT2D eigenvalue weighted by molar-refractivity contribution is -0.150. The van der Waals surface area contributed by atoms with Crippen LogP contribution in [0, 0.1) is 0 Å². The normalized spacial score (nSPS) is 33.3. The lowest BCUT2D eigenvalue weighted by Gasteiger charge is -2.23. The van der Waals surface area contributed by atoms with Crippen molar-refractivity contribution in [3.8, 4) is 0 Å². The molecule has 0 saturated carbocycles. The fourth-order valence-corrected chi connectivity index (χ4v) is 1.63. The van der Waals surface area contributed by atoms with Gasteiger partial charge in [0.25, 0.3) is 0 Å². The molecule has 0 aromatic heterocycles. The first kappa shape index (κ1) is 10.4. The van der Waals surface area contributed by atoms with E-state index in [4.69, 9.17) is 14.2 Å². The summed E-state index contributed by atoms with van der Waals surface area (Å²) in [6.45, 7) is 2.21. The molecule has 1 saturated heterocycles. The molecule has 1 fully saturated rings. The van der Waals surface area contributed by atoms with Crippen molar-refractivity contribution < 1.29 is 19.0 Å². The Hall–Kier alpha value is -1.07. The molecule has 2 rings (SSSR count). The number of hydrogen-bond acceptors (Lipinski definition) is 5. The monoisotopic (exact) mass is 213 g/mol. The van der Waals surface area contributed by atoms with E-state index in [1.807, 2.05) is 6.08 Å². The third kappa shape index (κ3) is 2.49. The van der Waals surface area contributed by atoms with Crippen molar-refractivity contribution in [1.29, 1.82) is 0 Å². The SMILES string of the molecule is CCOC(=O)[C@H]1CCC(OC2C=CO2)N1. The summed E-state index contributed by atoms with van der Waals surface area (Å²) in [5, 5.41) is 3.06. The highest BCUT2D eigenvalue weighted by atomic mass is 16.7. The fraction of sp³-hybridized carbons (Fsp3) is 0.700. The Kier molecular flexibility index (Phi) is 3.23. The van der Waals surface area contributed by atoms with Crippen molar-refractivity contribution in [2.45, 2.75) is 38.3 Å². The van der Waals surface area contributed by atoms with Gasteiger partial charge in [-0.15, -0.1) is 0 Å². The van der Waals surface area contributed by atoms with Crippen LogP contribution in [0.2, 0.25) is 0 Å². The molecular weight excluding hydrogens is 198 g/mol. The van der Waals surface area contributed by atoms with Crippen LogP contribution in [0.15, 0.2) is 12.3 Å². The summed E-state index contributed by atoms with van der Waals surface area (Å²) < 4.78 is 15.4. The molecule has 2 heterocycles. The Bertz CT molecular complexity index is 266. The molecule has 0 bridgehead atoms. The van der Waals surface area contributed by atoms with Crippen LogP contribution in [0.1, 0.15) is 19.8 Å². The molecule has 3 atom stereocenters. The Morgan fingerprint density at radius 3 is 3.00 bits per heavy atom. The Morgan fingerprint density at radius 1 is 1.60 bits per heavy atom. The van der Waals surface area contributed by atoms with Gasteiger partial charge in [0.15, 0.2) is 0 Å². The second kappa shape index (κ2) is 4.63. The van der Waals surface area contributed by atoms with E-state index in [0.717, 1.165) is 12.8 Å². The number of ether oxygens (including phenoxy) is 3. The maximum Gasteiger partial charge on any atom is 0.323 e. The molecule has 2 aliphatic heterocycles. The molecule has 15 heavy (non-hydrogen) atoms. The first-order chi connectivity index (χ1) is 7.29. The summed E-state index contributed by atoms with van der Waals surface area (Å²) in [7, 11) is 0. The number of esters is 1. The quantitative estimate of drug-likeness (QED) is 0.690. The second-order valence-electron chi connectivity index (χ2n) is 3.51. The maximum atomic E-state index is 11.4. The topological polar surface area (TPSA) is 56.8 Å². The molecule has 0 amide bonds. The first-order valence-corrected chi connectivity index (χ1v) is 5.20. The van der Waals surface area contributed by atoms with Crippen LogP contribution >= 0.6 is 0 Å². The predicted octanol–water partition coefficient (Wildman–Crippen LogP) is 0.514. The smallest absolute Gasteiger partial charge is 0.323 e. The summed E-state index contributed by atoms with van der Waals surface area (Å²) in [6.07, 6.45) is 4.58. The average molecular weight is 213 g/mol. The number of carbonyl (C=O) groups is 1. The number of rotatable bonds is 4. The number of hydrogen-bond donors (Lipinski definition) is 1. The third-order valence-electron chi connectivity index (χ3n) is 2.42. The molecule has 0 aliphatic carbocycles. The largest absolute Gasteiger partial charge is 0.469 e. The minimum absolute atomic E-state index is 0.116. The van der Waals surface area contributed by atoms with Gasteiger partial charge in [-0.05, 0) is 19.8 Å². The lowest BCUT2D eigenvalue weighted by Crippen LogP contribution is -2.40. The van der Waals surface area contributed by atoms with Crippen molar-refractivity contribution in [1.82, 2.24) is 5.32 Å². The summed E-state index contributed by atoms with van der Waals surface area (Å²) in [5.41, 5.74) is 0. The van der Waals surface area contributed by atoms with Crippen molar-refractivity contribution in [3.05, 3.63) is 12.3 Å². The Labute approximate surface area is 88.4 Å². The van der Waals surface area contributed by atoms with Crippen LogP contribution in [0.4, 0.5) is 0 Å². The van der Waals surface area contributed by atoms with E-state index in [-0.39, 0.29) is 24.5 Å². The summed E-state index contributed by atoms with van der Waals surface area (Å²) >= 11 is 0. The highest BCUT2D eigenvalue weighted by Gasteiger charge is 2.32. The molecule has 5 nitrogen and oxygen atoms in total. The van der Waals surface area contributed by atoms with Gasteiger partial charge in [-0.25, -0.2) is 0 Å². The second-order valence-corrected chi connectivity index (χ2v) is 3.51. The molecular formula is C10H15NO4. The van der Waals surface area contributed by atoms with Crippen molar-refractivity contribution in [3.63, 3.8) is 0 Å². The van der Waals surface area contributed by atoms with E-state index in [2.05, 4.69) is 5.32 Å². The summed E-state index contributed by atoms with van der Waals surface area (Å²) in [5.74, 6) is -0.200. The molecule has 84 valence electrons. The van der Waals surface area contributed by atoms with Crippen molar-refractivity contribution >= 4 is 5.97 Å². The van der Waals surface area contributed by atoms with Crippen LogP contribution in [0.25, 0.3) is 0 Å². The minimum atomic E-state index is -0.261. The molecule has 0 spiro atoms. The zero-order chi connectivity index (χ0) is 10.7. The van der Waals surface area contributed by atoms with E-state index in [1.165, 1.54) is 0 Å². The van der Waals surface area contributed by atoms with Gasteiger partial charge in [-0.2, -0.15) is 0 Å². The van der Waals surface area contributed by atoms with Gasteiger partial charge in [0.2, 0.25) is 6.29 Å². The summed E-state index contributed by atoms with van der Waals surface area (Å²) in [4.78, 5) is 11.4. The van der Waals surface area contributed by atoms with Gasteiger partial charge in [-0.1, -0.05) is 0 Å². The predicted molar refractivity (Wildman–Crippen MR) is 51.7 cm³/mol. The molecule has 0 aromatic rings. The van der Waals surface area contributed by atoms with Gasteiger partial charge in [0.1, 0.15) is 12.3 Å². The van der Waals surface area contributed by atoms with Gasteiger partial charge in [0.05, 0.1) is 12.9 Å². The molecule has 0 radical (unpaired) electrons. The van der Waals surface area contributed by atoms with Crippen LogP contribution in [0.5, 0.6) is 0 Å². The number of carbonyl (C=O) groups excluding carboxylic acids is 1. The van der Waals surface area contributed by atoms with E-state index in [0.29, 0.717) is 6.61 Å². The lowest BCUT2D eigenvalue weighted by atomic mass is 10.2. The molecule has 1 N–H and O–H groups in total. The van der Waals surface area contributed by atoms with Crippen LogP contribution in [-0.4, -0.2) is 31.1 Å². The molecule has 5 heteroatoms. The van der Waals surface area contributed by atoms with E-state index < -0.39 is 0 Å². The van der Waals surface area contributed by atoms with Crippen LogP contribution < -0.4 is 5.32 Å². The van der Waals surface area contributed by atoms with E-state index >= 15 is 0 Å². The highest BCUT2D eigenvalue weighted by Crippen LogP contribution is 2.19.